The normalized spacial score (nSPS) is 51.7. The Hall–Kier alpha value is -0.440. The van der Waals surface area contributed by atoms with Gasteiger partial charge in [-0.1, -0.05) is 0 Å². The molecule has 2 aliphatic rings. The van der Waals surface area contributed by atoms with Crippen LogP contribution in [0.2, 0.25) is 0 Å². The lowest BCUT2D eigenvalue weighted by Gasteiger charge is -2.45. The predicted octanol–water partition coefficient (Wildman–Crippen LogP) is -5.40. The van der Waals surface area contributed by atoms with Gasteiger partial charge in [-0.3, -0.25) is 0 Å². The van der Waals surface area contributed by atoms with Crippen LogP contribution in [0.1, 0.15) is 0 Å². The van der Waals surface area contributed by atoms with Gasteiger partial charge in [-0.25, -0.2) is 0 Å². The molecule has 0 bridgehead atoms. The smallest absolute Gasteiger partial charge is 0.187 e. The van der Waals surface area contributed by atoms with Crippen molar-refractivity contribution < 1.29 is 55.1 Å². The van der Waals surface area contributed by atoms with E-state index in [1.54, 1.807) is 0 Å². The molecule has 0 unspecified atom stereocenters. The third-order valence-corrected chi connectivity index (χ3v) is 3.98. The van der Waals surface area contributed by atoms with Crippen molar-refractivity contribution in [2.75, 3.05) is 13.2 Å². The Bertz CT molecular complexity index is 380. The summed E-state index contributed by atoms with van der Waals surface area (Å²) in [6.45, 7) is -1.34. The molecule has 23 heavy (non-hydrogen) atoms. The summed E-state index contributed by atoms with van der Waals surface area (Å²) in [6.07, 6.45) is -15.7. The molecular weight excluding hydrogens is 320 g/mol. The second-order valence-corrected chi connectivity index (χ2v) is 5.53. The summed E-state index contributed by atoms with van der Waals surface area (Å²) in [7, 11) is 0. The summed E-state index contributed by atoms with van der Waals surface area (Å²) >= 11 is 0. The highest BCUT2D eigenvalue weighted by molar-refractivity contribution is 4.93. The van der Waals surface area contributed by atoms with E-state index in [4.69, 9.17) is 24.4 Å². The molecule has 0 amide bonds. The number of aliphatic hydroxyl groups is 8. The van der Waals surface area contributed by atoms with Gasteiger partial charge in [0.2, 0.25) is 0 Å². The van der Waals surface area contributed by atoms with Gasteiger partial charge in [-0.15, -0.1) is 0 Å². The SMILES string of the molecule is OC[C@H]1O[C@H](O[C@@H]2[C@H](O)[C@@H](O)O[C@H](CO)[C@H]2O)[C@H](O)[C@@H](O)[C@H]1O. The monoisotopic (exact) mass is 342 g/mol. The molecule has 10 atom stereocenters. The van der Waals surface area contributed by atoms with Gasteiger partial charge in [0.1, 0.15) is 48.8 Å². The van der Waals surface area contributed by atoms with Crippen LogP contribution in [0.5, 0.6) is 0 Å². The van der Waals surface area contributed by atoms with Gasteiger partial charge in [-0.2, -0.15) is 0 Å². The number of aliphatic hydroxyl groups excluding tert-OH is 8. The van der Waals surface area contributed by atoms with E-state index < -0.39 is 74.6 Å². The first-order valence-electron chi connectivity index (χ1n) is 7.08. The molecule has 0 aromatic heterocycles. The Morgan fingerprint density at radius 2 is 1.22 bits per heavy atom. The average molecular weight is 342 g/mol. The molecule has 11 nitrogen and oxygen atoms in total. The Morgan fingerprint density at radius 1 is 0.652 bits per heavy atom. The first-order valence-corrected chi connectivity index (χ1v) is 7.08. The highest BCUT2D eigenvalue weighted by Gasteiger charge is 2.50. The average Bonchev–Trinajstić information content (AvgIpc) is 2.54. The molecule has 2 aliphatic heterocycles. The van der Waals surface area contributed by atoms with Crippen LogP contribution < -0.4 is 0 Å². The van der Waals surface area contributed by atoms with Crippen LogP contribution in [0, 0.1) is 0 Å². The largest absolute Gasteiger partial charge is 0.394 e. The lowest BCUT2D eigenvalue weighted by molar-refractivity contribution is -0.355. The van der Waals surface area contributed by atoms with E-state index in [2.05, 4.69) is 0 Å². The van der Waals surface area contributed by atoms with E-state index in [1.807, 2.05) is 0 Å². The van der Waals surface area contributed by atoms with Gasteiger partial charge in [0, 0.05) is 0 Å². The van der Waals surface area contributed by atoms with Crippen molar-refractivity contribution in [1.82, 2.24) is 0 Å². The number of hydrogen-bond donors (Lipinski definition) is 8. The first-order chi connectivity index (χ1) is 10.8. The third-order valence-electron chi connectivity index (χ3n) is 3.98. The molecule has 0 aromatic rings. The zero-order chi connectivity index (χ0) is 17.3. The maximum Gasteiger partial charge on any atom is 0.187 e. The molecule has 0 aliphatic carbocycles. The van der Waals surface area contributed by atoms with E-state index in [0.29, 0.717) is 0 Å². The summed E-state index contributed by atoms with van der Waals surface area (Å²) in [5, 5.41) is 76.8. The molecule has 0 saturated carbocycles. The van der Waals surface area contributed by atoms with E-state index in [1.165, 1.54) is 0 Å². The molecule has 0 spiro atoms. The van der Waals surface area contributed by atoms with E-state index in [0.717, 1.165) is 0 Å². The minimum Gasteiger partial charge on any atom is -0.394 e. The molecule has 8 N–H and O–H groups in total. The van der Waals surface area contributed by atoms with Gasteiger partial charge in [0.05, 0.1) is 13.2 Å². The Balaban J connectivity index is 2.11. The van der Waals surface area contributed by atoms with E-state index in [-0.39, 0.29) is 0 Å². The van der Waals surface area contributed by atoms with Gasteiger partial charge in [0.25, 0.3) is 0 Å². The Morgan fingerprint density at radius 3 is 1.78 bits per heavy atom. The van der Waals surface area contributed by atoms with E-state index in [9.17, 15) is 30.6 Å². The standard InChI is InChI=1S/C12H22O11/c13-1-3-5(15)7(17)8(18)12(22-3)23-10-6(16)4(2-14)21-11(20)9(10)19/h3-20H,1-2H2/t3-,4-,5+,6-,7+,8-,9+,10+,11+,12-/m1/s1. The van der Waals surface area contributed by atoms with Crippen LogP contribution in [0.3, 0.4) is 0 Å². The molecule has 11 heteroatoms. The summed E-state index contributed by atoms with van der Waals surface area (Å²) < 4.78 is 15.1. The molecule has 0 radical (unpaired) electrons. The van der Waals surface area contributed by atoms with Gasteiger partial charge in [-0.05, 0) is 0 Å². The number of rotatable bonds is 4. The second kappa shape index (κ2) is 7.63. The fourth-order valence-electron chi connectivity index (χ4n) is 2.56. The van der Waals surface area contributed by atoms with Crippen LogP contribution in [-0.4, -0.2) is 115 Å². The van der Waals surface area contributed by atoms with Crippen molar-refractivity contribution in [3.05, 3.63) is 0 Å². The van der Waals surface area contributed by atoms with Crippen LogP contribution in [-0.2, 0) is 14.2 Å². The Kier molecular flexibility index (Phi) is 6.27. The lowest BCUT2D eigenvalue weighted by Crippen LogP contribution is -2.64. The minimum absolute atomic E-state index is 0.667. The molecule has 2 saturated heterocycles. The molecule has 2 fully saturated rings. The molecule has 136 valence electrons. The van der Waals surface area contributed by atoms with Crippen LogP contribution in [0.25, 0.3) is 0 Å². The fourth-order valence-corrected chi connectivity index (χ4v) is 2.56. The summed E-state index contributed by atoms with van der Waals surface area (Å²) in [4.78, 5) is 0. The molecular formula is C12H22O11. The van der Waals surface area contributed by atoms with Crippen LogP contribution in [0.15, 0.2) is 0 Å². The highest BCUT2D eigenvalue weighted by Crippen LogP contribution is 2.28. The summed E-state index contributed by atoms with van der Waals surface area (Å²) in [6, 6.07) is 0. The van der Waals surface area contributed by atoms with Gasteiger partial charge >= 0.3 is 0 Å². The van der Waals surface area contributed by atoms with Crippen molar-refractivity contribution in [2.45, 2.75) is 61.4 Å². The molecule has 0 aromatic carbocycles. The molecule has 2 rings (SSSR count). The lowest BCUT2D eigenvalue weighted by atomic mass is 9.97. The maximum absolute atomic E-state index is 10.00. The summed E-state index contributed by atoms with van der Waals surface area (Å²) in [5.74, 6) is 0. The first kappa shape index (κ1) is 18.9. The predicted molar refractivity (Wildman–Crippen MR) is 68.6 cm³/mol. The van der Waals surface area contributed by atoms with Crippen molar-refractivity contribution in [2.24, 2.45) is 0 Å². The van der Waals surface area contributed by atoms with Gasteiger partial charge in [0.15, 0.2) is 12.6 Å². The van der Waals surface area contributed by atoms with Crippen molar-refractivity contribution in [3.63, 3.8) is 0 Å². The maximum atomic E-state index is 10.00. The Labute approximate surface area is 130 Å². The second-order valence-electron chi connectivity index (χ2n) is 5.53. The van der Waals surface area contributed by atoms with Crippen LogP contribution in [0.4, 0.5) is 0 Å². The van der Waals surface area contributed by atoms with Crippen molar-refractivity contribution in [3.8, 4) is 0 Å². The minimum atomic E-state index is -1.76. The quantitative estimate of drug-likeness (QED) is 0.243. The van der Waals surface area contributed by atoms with Crippen LogP contribution >= 0.6 is 0 Å². The van der Waals surface area contributed by atoms with Gasteiger partial charge < -0.3 is 55.1 Å². The number of hydrogen-bond acceptors (Lipinski definition) is 11. The van der Waals surface area contributed by atoms with E-state index >= 15 is 0 Å². The summed E-state index contributed by atoms with van der Waals surface area (Å²) in [5.41, 5.74) is 0. The van der Waals surface area contributed by atoms with Crippen molar-refractivity contribution >= 4 is 0 Å². The zero-order valence-corrected chi connectivity index (χ0v) is 12.0. The fraction of sp³-hybridized carbons (Fsp3) is 1.00. The van der Waals surface area contributed by atoms with Crippen molar-refractivity contribution in [1.29, 1.82) is 0 Å². The topological polar surface area (TPSA) is 190 Å². The zero-order valence-electron chi connectivity index (χ0n) is 12.0. The molecule has 2 heterocycles. The third kappa shape index (κ3) is 3.65. The highest BCUT2D eigenvalue weighted by atomic mass is 16.7. The number of ether oxygens (including phenoxy) is 3.